The van der Waals surface area contributed by atoms with Crippen LogP contribution in [0, 0.1) is 5.53 Å². The molecule has 8 nitrogen and oxygen atoms in total. The molecule has 0 aliphatic rings. The van der Waals surface area contributed by atoms with Gasteiger partial charge >= 0.3 is 11.9 Å². The maximum absolute atomic E-state index is 11.8. The van der Waals surface area contributed by atoms with Gasteiger partial charge in [-0.25, -0.2) is 5.53 Å². The average Bonchev–Trinajstić information content (AvgIpc) is 2.85. The third kappa shape index (κ3) is 12.6. The third-order valence-electron chi connectivity index (χ3n) is 5.71. The molecule has 0 aromatic heterocycles. The number of esters is 2. The first kappa shape index (κ1) is 30.4. The molecule has 0 saturated carbocycles. The summed E-state index contributed by atoms with van der Waals surface area (Å²) in [4.78, 5) is 25.8. The second-order valence-electron chi connectivity index (χ2n) is 8.59. The molecule has 8 heteroatoms. The number of unbranched alkanes of at least 4 members (excludes halogenated alkanes) is 2. The van der Waals surface area contributed by atoms with Crippen LogP contribution in [0.25, 0.3) is 0 Å². The van der Waals surface area contributed by atoms with E-state index in [1.807, 2.05) is 12.1 Å². The van der Waals surface area contributed by atoms with Gasteiger partial charge in [-0.1, -0.05) is 39.5 Å². The summed E-state index contributed by atoms with van der Waals surface area (Å²) < 4.78 is 16.5. The Morgan fingerprint density at radius 2 is 1.43 bits per heavy atom. The molecular formula is C27H45N3O5. The van der Waals surface area contributed by atoms with Gasteiger partial charge in [0.1, 0.15) is 11.4 Å². The summed E-state index contributed by atoms with van der Waals surface area (Å²) in [5.74, 6) is 0.192. The van der Waals surface area contributed by atoms with Crippen LogP contribution in [0.5, 0.6) is 5.75 Å². The van der Waals surface area contributed by atoms with Crippen molar-refractivity contribution in [3.63, 3.8) is 0 Å². The molecular weight excluding hydrogens is 446 g/mol. The molecule has 0 fully saturated rings. The Morgan fingerprint density at radius 1 is 0.886 bits per heavy atom. The molecule has 0 unspecified atom stereocenters. The molecule has 1 rings (SSSR count). The van der Waals surface area contributed by atoms with Crippen molar-refractivity contribution in [2.45, 2.75) is 98.0 Å². The normalized spacial score (nSPS) is 10.8. The highest BCUT2D eigenvalue weighted by Crippen LogP contribution is 2.34. The highest BCUT2D eigenvalue weighted by molar-refractivity contribution is 5.70. The molecule has 35 heavy (non-hydrogen) atoms. The largest absolute Gasteiger partial charge is 0.488 e. The van der Waals surface area contributed by atoms with Gasteiger partial charge in [-0.15, -0.1) is 0 Å². The van der Waals surface area contributed by atoms with Crippen LogP contribution in [0.2, 0.25) is 0 Å². The molecule has 1 aromatic carbocycles. The first-order valence-electron chi connectivity index (χ1n) is 13.2. The van der Waals surface area contributed by atoms with Gasteiger partial charge in [-0.3, -0.25) is 9.59 Å². The van der Waals surface area contributed by atoms with Crippen molar-refractivity contribution in [2.24, 2.45) is 5.11 Å². The van der Waals surface area contributed by atoms with E-state index < -0.39 is 0 Å². The molecule has 0 spiro atoms. The van der Waals surface area contributed by atoms with Gasteiger partial charge < -0.3 is 19.1 Å². The molecule has 0 amide bonds. The van der Waals surface area contributed by atoms with E-state index in [1.54, 1.807) is 19.9 Å². The zero-order valence-electron chi connectivity index (χ0n) is 22.1. The summed E-state index contributed by atoms with van der Waals surface area (Å²) in [7, 11) is 0. The fraction of sp³-hybridized carbons (Fsp3) is 0.704. The van der Waals surface area contributed by atoms with Crippen LogP contribution in [0.3, 0.4) is 0 Å². The summed E-state index contributed by atoms with van der Waals surface area (Å²) in [5, 5.41) is 3.68. The van der Waals surface area contributed by atoms with E-state index >= 15 is 0 Å². The third-order valence-corrected chi connectivity index (χ3v) is 5.71. The summed E-state index contributed by atoms with van der Waals surface area (Å²) >= 11 is 0. The van der Waals surface area contributed by atoms with E-state index in [0.29, 0.717) is 63.4 Å². The zero-order valence-corrected chi connectivity index (χ0v) is 22.1. The number of carbonyl (C=O) groups is 2. The minimum atomic E-state index is -0.207. The SMILES string of the molecule is CCCCC(CCCC)Oc1cc(N(CCCC(=O)OCC)CCCC(=O)OCC)ccc1N=N. The number of hydrogen-bond donors (Lipinski definition) is 1. The lowest BCUT2D eigenvalue weighted by Crippen LogP contribution is -2.27. The first-order chi connectivity index (χ1) is 17.0. The molecule has 0 bridgehead atoms. The Kier molecular flexibility index (Phi) is 16.2. The maximum Gasteiger partial charge on any atom is 0.305 e. The van der Waals surface area contributed by atoms with E-state index in [4.69, 9.17) is 19.7 Å². The molecule has 1 N–H and O–H groups in total. The van der Waals surface area contributed by atoms with Crippen molar-refractivity contribution >= 4 is 23.3 Å². The van der Waals surface area contributed by atoms with Crippen LogP contribution in [-0.4, -0.2) is 44.3 Å². The number of benzene rings is 1. The van der Waals surface area contributed by atoms with Crippen LogP contribution in [0.15, 0.2) is 23.3 Å². The van der Waals surface area contributed by atoms with Gasteiger partial charge in [0.2, 0.25) is 0 Å². The average molecular weight is 492 g/mol. The van der Waals surface area contributed by atoms with Crippen LogP contribution in [0.4, 0.5) is 11.4 Å². The molecule has 0 aliphatic carbocycles. The number of rotatable bonds is 20. The molecule has 0 atom stereocenters. The van der Waals surface area contributed by atoms with Crippen LogP contribution < -0.4 is 9.64 Å². The fourth-order valence-electron chi connectivity index (χ4n) is 3.86. The van der Waals surface area contributed by atoms with Crippen molar-refractivity contribution in [1.29, 1.82) is 5.53 Å². The lowest BCUT2D eigenvalue weighted by molar-refractivity contribution is -0.144. The predicted octanol–water partition coefficient (Wildman–Crippen LogP) is 6.97. The van der Waals surface area contributed by atoms with Crippen LogP contribution in [-0.2, 0) is 19.1 Å². The summed E-state index contributed by atoms with van der Waals surface area (Å²) in [5.41, 5.74) is 9.03. The minimum Gasteiger partial charge on any atom is -0.488 e. The molecule has 1 aromatic rings. The smallest absolute Gasteiger partial charge is 0.305 e. The maximum atomic E-state index is 11.8. The van der Waals surface area contributed by atoms with E-state index in [0.717, 1.165) is 44.2 Å². The highest BCUT2D eigenvalue weighted by Gasteiger charge is 2.16. The van der Waals surface area contributed by atoms with Crippen molar-refractivity contribution < 1.29 is 23.8 Å². The molecule has 198 valence electrons. The van der Waals surface area contributed by atoms with Gasteiger partial charge in [-0.05, 0) is 51.7 Å². The standard InChI is InChI=1S/C27H45N3O5/c1-5-9-13-23(14-10-6-2)35-25-21-22(17-18-24(25)29-28)30(19-11-15-26(31)33-7-3)20-12-16-27(32)34-8-4/h17-18,21,23,28H,5-16,19-20H2,1-4H3. The van der Waals surface area contributed by atoms with E-state index in [2.05, 4.69) is 23.9 Å². The predicted molar refractivity (Wildman–Crippen MR) is 139 cm³/mol. The molecule has 0 radical (unpaired) electrons. The van der Waals surface area contributed by atoms with Crippen molar-refractivity contribution in [3.05, 3.63) is 18.2 Å². The Balaban J connectivity index is 3.03. The fourth-order valence-corrected chi connectivity index (χ4v) is 3.86. The summed E-state index contributed by atoms with van der Waals surface area (Å²) in [6.45, 7) is 9.96. The first-order valence-corrected chi connectivity index (χ1v) is 13.2. The summed E-state index contributed by atoms with van der Waals surface area (Å²) in [6, 6.07) is 5.66. The minimum absolute atomic E-state index is 0.0896. The molecule has 0 heterocycles. The van der Waals surface area contributed by atoms with Crippen LogP contribution >= 0.6 is 0 Å². The van der Waals surface area contributed by atoms with Gasteiger partial charge in [0.15, 0.2) is 0 Å². The lowest BCUT2D eigenvalue weighted by atomic mass is 10.1. The van der Waals surface area contributed by atoms with Gasteiger partial charge in [-0.2, -0.15) is 5.11 Å². The van der Waals surface area contributed by atoms with Crippen molar-refractivity contribution in [2.75, 3.05) is 31.2 Å². The second-order valence-corrected chi connectivity index (χ2v) is 8.59. The number of anilines is 1. The number of nitrogens with zero attached hydrogens (tertiary/aromatic N) is 2. The van der Waals surface area contributed by atoms with E-state index in [1.165, 1.54) is 0 Å². The Bertz CT molecular complexity index is 724. The van der Waals surface area contributed by atoms with Crippen molar-refractivity contribution in [3.8, 4) is 5.75 Å². The van der Waals surface area contributed by atoms with Gasteiger partial charge in [0.05, 0.1) is 19.3 Å². The topological polar surface area (TPSA) is 101 Å². The Hall–Kier alpha value is -2.64. The monoisotopic (exact) mass is 491 g/mol. The number of carbonyl (C=O) groups excluding carboxylic acids is 2. The lowest BCUT2D eigenvalue weighted by Gasteiger charge is -2.26. The van der Waals surface area contributed by atoms with Gasteiger partial charge in [0, 0.05) is 37.7 Å². The highest BCUT2D eigenvalue weighted by atomic mass is 16.5. The van der Waals surface area contributed by atoms with Gasteiger partial charge in [0.25, 0.3) is 0 Å². The van der Waals surface area contributed by atoms with E-state index in [-0.39, 0.29) is 18.0 Å². The van der Waals surface area contributed by atoms with Crippen molar-refractivity contribution in [1.82, 2.24) is 0 Å². The quantitative estimate of drug-likeness (QED) is 0.156. The molecule has 0 saturated heterocycles. The molecule has 0 aliphatic heterocycles. The Morgan fingerprint density at radius 3 is 1.89 bits per heavy atom. The number of hydrogen-bond acceptors (Lipinski definition) is 8. The van der Waals surface area contributed by atoms with E-state index in [9.17, 15) is 9.59 Å². The number of nitrogens with one attached hydrogen (secondary N) is 1. The summed E-state index contributed by atoms with van der Waals surface area (Å²) in [6.07, 6.45) is 8.37. The zero-order chi connectivity index (χ0) is 25.9. The Labute approximate surface area is 211 Å². The second kappa shape index (κ2) is 18.7. The van der Waals surface area contributed by atoms with Crippen LogP contribution in [0.1, 0.15) is 91.9 Å². The number of ether oxygens (including phenoxy) is 3.